The van der Waals surface area contributed by atoms with Crippen LogP contribution in [0.3, 0.4) is 0 Å². The Bertz CT molecular complexity index is 509. The van der Waals surface area contributed by atoms with Crippen LogP contribution in [-0.4, -0.2) is 29.8 Å². The van der Waals surface area contributed by atoms with Gasteiger partial charge in [-0.25, -0.2) is 0 Å². The molecule has 3 rings (SSSR count). The summed E-state index contributed by atoms with van der Waals surface area (Å²) in [5.41, 5.74) is -0.102. The summed E-state index contributed by atoms with van der Waals surface area (Å²) in [7, 11) is 0. The van der Waals surface area contributed by atoms with Gasteiger partial charge in [0.1, 0.15) is 11.5 Å². The van der Waals surface area contributed by atoms with Gasteiger partial charge >= 0.3 is 0 Å². The summed E-state index contributed by atoms with van der Waals surface area (Å²) in [5.74, 6) is 1.69. The van der Waals surface area contributed by atoms with E-state index in [1.54, 1.807) is 0 Å². The molecule has 2 aliphatic heterocycles. The Morgan fingerprint density at radius 1 is 1.20 bits per heavy atom. The van der Waals surface area contributed by atoms with E-state index in [0.717, 1.165) is 44.0 Å². The molecule has 2 amide bonds. The summed E-state index contributed by atoms with van der Waals surface area (Å²) in [6.45, 7) is 4.59. The van der Waals surface area contributed by atoms with Gasteiger partial charge in [-0.2, -0.15) is 0 Å². The number of piperidine rings is 2. The van der Waals surface area contributed by atoms with Gasteiger partial charge in [0.2, 0.25) is 11.8 Å². The molecule has 0 aromatic carbocycles. The quantitative estimate of drug-likeness (QED) is 0.834. The van der Waals surface area contributed by atoms with E-state index in [1.165, 1.54) is 0 Å². The molecule has 3 heterocycles. The number of hydrogen-bond donors (Lipinski definition) is 1. The number of nitrogens with one attached hydrogen (secondary N) is 1. The molecule has 5 nitrogen and oxygen atoms in total. The molecule has 1 N–H and O–H groups in total. The van der Waals surface area contributed by atoms with Gasteiger partial charge in [-0.3, -0.25) is 19.8 Å². The van der Waals surface area contributed by atoms with Crippen LogP contribution < -0.4 is 5.32 Å². The summed E-state index contributed by atoms with van der Waals surface area (Å²) in [6.07, 6.45) is 2.80. The number of hydrogen-bond acceptors (Lipinski definition) is 4. The molecule has 2 saturated heterocycles. The minimum Gasteiger partial charge on any atom is -0.465 e. The number of rotatable bonds is 2. The SMILES string of the molecule is Cc1ccc(CN2CCC3(CC2)CC(=O)NC(=O)C3)o1. The lowest BCUT2D eigenvalue weighted by Crippen LogP contribution is -2.49. The molecule has 0 radical (unpaired) electrons. The fourth-order valence-corrected chi connectivity index (χ4v) is 3.32. The zero-order chi connectivity index (χ0) is 14.2. The Morgan fingerprint density at radius 3 is 2.40 bits per heavy atom. The summed E-state index contributed by atoms with van der Waals surface area (Å²) < 4.78 is 5.60. The Labute approximate surface area is 118 Å². The van der Waals surface area contributed by atoms with Gasteiger partial charge in [-0.05, 0) is 50.4 Å². The summed E-state index contributed by atoms with van der Waals surface area (Å²) in [6, 6.07) is 3.99. The lowest BCUT2D eigenvalue weighted by atomic mass is 9.71. The standard InChI is InChI=1S/C15H20N2O3/c1-11-2-3-12(20-11)10-17-6-4-15(5-7-17)8-13(18)16-14(19)9-15/h2-3H,4-10H2,1H3,(H,16,18,19). The molecule has 1 aromatic rings. The first kappa shape index (κ1) is 13.4. The molecule has 108 valence electrons. The molecule has 0 aliphatic carbocycles. The number of aryl methyl sites for hydroxylation is 1. The second-order valence-corrected chi connectivity index (χ2v) is 6.11. The van der Waals surface area contributed by atoms with Crippen LogP contribution >= 0.6 is 0 Å². The van der Waals surface area contributed by atoms with Gasteiger partial charge in [0.15, 0.2) is 0 Å². The van der Waals surface area contributed by atoms with Crippen molar-refractivity contribution in [2.75, 3.05) is 13.1 Å². The Balaban J connectivity index is 1.59. The van der Waals surface area contributed by atoms with Crippen LogP contribution in [0.5, 0.6) is 0 Å². The first-order valence-corrected chi connectivity index (χ1v) is 7.15. The van der Waals surface area contributed by atoms with E-state index in [0.29, 0.717) is 12.8 Å². The monoisotopic (exact) mass is 276 g/mol. The Hall–Kier alpha value is -1.62. The summed E-state index contributed by atoms with van der Waals surface area (Å²) >= 11 is 0. The third-order valence-corrected chi connectivity index (χ3v) is 4.44. The zero-order valence-electron chi connectivity index (χ0n) is 11.8. The van der Waals surface area contributed by atoms with Crippen molar-refractivity contribution in [2.24, 2.45) is 5.41 Å². The maximum atomic E-state index is 11.6. The van der Waals surface area contributed by atoms with Gasteiger partial charge in [-0.15, -0.1) is 0 Å². The summed E-state index contributed by atoms with van der Waals surface area (Å²) in [4.78, 5) is 25.5. The van der Waals surface area contributed by atoms with Crippen molar-refractivity contribution in [2.45, 2.75) is 39.2 Å². The van der Waals surface area contributed by atoms with Crippen molar-refractivity contribution in [1.82, 2.24) is 10.2 Å². The maximum Gasteiger partial charge on any atom is 0.227 e. The lowest BCUT2D eigenvalue weighted by Gasteiger charge is -2.42. The molecule has 0 bridgehead atoms. The van der Waals surface area contributed by atoms with Crippen LogP contribution in [0, 0.1) is 12.3 Å². The molecule has 5 heteroatoms. The normalized spacial score (nSPS) is 23.1. The van der Waals surface area contributed by atoms with Crippen molar-refractivity contribution in [3.05, 3.63) is 23.7 Å². The number of nitrogens with zero attached hydrogens (tertiary/aromatic N) is 1. The number of imide groups is 1. The van der Waals surface area contributed by atoms with E-state index in [9.17, 15) is 9.59 Å². The molecule has 1 aromatic heterocycles. The van der Waals surface area contributed by atoms with E-state index >= 15 is 0 Å². The average Bonchev–Trinajstić information content (AvgIpc) is 2.77. The van der Waals surface area contributed by atoms with Gasteiger partial charge < -0.3 is 4.42 Å². The van der Waals surface area contributed by atoms with E-state index < -0.39 is 0 Å². The minimum atomic E-state index is -0.114. The highest BCUT2D eigenvalue weighted by Gasteiger charge is 2.41. The lowest BCUT2D eigenvalue weighted by molar-refractivity contribution is -0.139. The number of amides is 2. The van der Waals surface area contributed by atoms with Crippen LogP contribution in [0.1, 0.15) is 37.2 Å². The van der Waals surface area contributed by atoms with E-state index in [2.05, 4.69) is 10.2 Å². The highest BCUT2D eigenvalue weighted by molar-refractivity contribution is 5.98. The number of furan rings is 1. The molecule has 2 fully saturated rings. The van der Waals surface area contributed by atoms with E-state index in [1.807, 2.05) is 19.1 Å². The number of likely N-dealkylation sites (tertiary alicyclic amines) is 1. The molecule has 0 saturated carbocycles. The largest absolute Gasteiger partial charge is 0.465 e. The average molecular weight is 276 g/mol. The van der Waals surface area contributed by atoms with Crippen LogP contribution in [0.2, 0.25) is 0 Å². The molecule has 1 spiro atoms. The van der Waals surface area contributed by atoms with Gasteiger partial charge in [0.25, 0.3) is 0 Å². The fourth-order valence-electron chi connectivity index (χ4n) is 3.32. The molecule has 0 unspecified atom stereocenters. The molecule has 2 aliphatic rings. The van der Waals surface area contributed by atoms with Crippen LogP contribution in [-0.2, 0) is 16.1 Å². The first-order chi connectivity index (χ1) is 9.55. The van der Waals surface area contributed by atoms with E-state index in [4.69, 9.17) is 4.42 Å². The molecule has 0 atom stereocenters. The highest BCUT2D eigenvalue weighted by Crippen LogP contribution is 2.40. The predicted molar refractivity (Wildman–Crippen MR) is 72.8 cm³/mol. The fraction of sp³-hybridized carbons (Fsp3) is 0.600. The van der Waals surface area contributed by atoms with Crippen molar-refractivity contribution < 1.29 is 14.0 Å². The Morgan fingerprint density at radius 2 is 1.85 bits per heavy atom. The summed E-state index contributed by atoms with van der Waals surface area (Å²) in [5, 5.41) is 2.40. The van der Waals surface area contributed by atoms with Crippen molar-refractivity contribution in [3.8, 4) is 0 Å². The third kappa shape index (κ3) is 2.77. The smallest absolute Gasteiger partial charge is 0.227 e. The highest BCUT2D eigenvalue weighted by atomic mass is 16.3. The molecular weight excluding hydrogens is 256 g/mol. The second-order valence-electron chi connectivity index (χ2n) is 6.11. The van der Waals surface area contributed by atoms with E-state index in [-0.39, 0.29) is 17.2 Å². The van der Waals surface area contributed by atoms with Crippen LogP contribution in [0.15, 0.2) is 16.5 Å². The molecule has 20 heavy (non-hydrogen) atoms. The van der Waals surface area contributed by atoms with Gasteiger partial charge in [0.05, 0.1) is 6.54 Å². The van der Waals surface area contributed by atoms with Crippen molar-refractivity contribution in [3.63, 3.8) is 0 Å². The minimum absolute atomic E-state index is 0.102. The maximum absolute atomic E-state index is 11.6. The first-order valence-electron chi connectivity index (χ1n) is 7.15. The number of carbonyl (C=O) groups excluding carboxylic acids is 2. The second kappa shape index (κ2) is 5.05. The van der Waals surface area contributed by atoms with Crippen LogP contribution in [0.25, 0.3) is 0 Å². The zero-order valence-corrected chi connectivity index (χ0v) is 11.8. The predicted octanol–water partition coefficient (Wildman–Crippen LogP) is 1.61. The third-order valence-electron chi connectivity index (χ3n) is 4.44. The Kier molecular flexibility index (Phi) is 3.38. The van der Waals surface area contributed by atoms with Gasteiger partial charge in [-0.1, -0.05) is 0 Å². The topological polar surface area (TPSA) is 62.6 Å². The van der Waals surface area contributed by atoms with Gasteiger partial charge in [0, 0.05) is 12.8 Å². The number of carbonyl (C=O) groups is 2. The van der Waals surface area contributed by atoms with Crippen LogP contribution in [0.4, 0.5) is 0 Å². The molecular formula is C15H20N2O3. The van der Waals surface area contributed by atoms with Crippen molar-refractivity contribution >= 4 is 11.8 Å². The van der Waals surface area contributed by atoms with Crippen molar-refractivity contribution in [1.29, 1.82) is 0 Å².